The Labute approximate surface area is 188 Å². The number of hydrogen-bond acceptors (Lipinski definition) is 4. The molecule has 0 aliphatic carbocycles. The van der Waals surface area contributed by atoms with Gasteiger partial charge in [0.15, 0.2) is 5.69 Å². The van der Waals surface area contributed by atoms with Crippen molar-refractivity contribution in [2.45, 2.75) is 65.6 Å². The highest BCUT2D eigenvalue weighted by atomic mass is 28.3. The molecule has 1 aliphatic rings. The van der Waals surface area contributed by atoms with Crippen LogP contribution in [0.3, 0.4) is 0 Å². The van der Waals surface area contributed by atoms with Crippen LogP contribution >= 0.6 is 0 Å². The summed E-state index contributed by atoms with van der Waals surface area (Å²) in [6, 6.07) is 19.6. The second-order valence-electron chi connectivity index (χ2n) is 9.42. The molecule has 2 aromatic carbocycles. The molecule has 0 N–H and O–H groups in total. The largest absolute Gasteiger partial charge is 0.387 e. The maximum atomic E-state index is 14.7. The summed E-state index contributed by atoms with van der Waals surface area (Å²) in [5.41, 5.74) is 0.281. The number of carbonyl (C=O) groups is 1. The molecule has 2 unspecified atom stereocenters. The number of rotatable bonds is 8. The van der Waals surface area contributed by atoms with Gasteiger partial charge in [0.1, 0.15) is 0 Å². The number of carbonyl (C=O) groups excluding carboxylic acids is 1. The van der Waals surface area contributed by atoms with Gasteiger partial charge in [-0.15, -0.1) is 0 Å². The zero-order chi connectivity index (χ0) is 22.9. The molecule has 0 bridgehead atoms. The average molecular weight is 443 g/mol. The molecule has 0 radical (unpaired) electrons. The molecule has 168 valence electrons. The highest BCUT2D eigenvalue weighted by molar-refractivity contribution is 6.48. The van der Waals surface area contributed by atoms with E-state index in [2.05, 4.69) is 33.9 Å². The minimum absolute atomic E-state index is 0.109. The molecule has 0 spiro atoms. The summed E-state index contributed by atoms with van der Waals surface area (Å²) in [6.07, 6.45) is -0.844. The molecule has 5 nitrogen and oxygen atoms in total. The molecular weight excluding hydrogens is 406 g/mol. The summed E-state index contributed by atoms with van der Waals surface area (Å²) in [4.78, 5) is 14.7. The van der Waals surface area contributed by atoms with Crippen molar-refractivity contribution in [3.05, 3.63) is 66.2 Å². The lowest BCUT2D eigenvalue weighted by molar-refractivity contribution is -0.209. The molecule has 4 atom stereocenters. The number of amides is 1. The molecule has 1 amide bonds. The van der Waals surface area contributed by atoms with Gasteiger partial charge in [0, 0.05) is 23.1 Å². The Kier molecular flexibility index (Phi) is 6.89. The van der Waals surface area contributed by atoms with Crippen LogP contribution in [-0.4, -0.2) is 33.3 Å². The molecule has 2 aromatic rings. The van der Waals surface area contributed by atoms with Crippen LogP contribution in [0.25, 0.3) is 0 Å². The Morgan fingerprint density at radius 3 is 2.03 bits per heavy atom. The standard InChI is InChI=1S/C25H36NO4Si/c1-8-28-22(20-15-11-9-12-16-20)26(30-31(6)7,21-17-13-10-14-18-21)23(27)25(19(2)29-25)24(3,4)5/h9-19,22,31H,8H2,1-7H3/q+1/t19-,22?,25-,26?/m1/s1. The van der Waals surface area contributed by atoms with Gasteiger partial charge < -0.3 is 9.47 Å². The second-order valence-corrected chi connectivity index (χ2v) is 11.7. The van der Waals surface area contributed by atoms with E-state index in [-0.39, 0.29) is 16.7 Å². The first-order valence-corrected chi connectivity index (χ1v) is 13.9. The Morgan fingerprint density at radius 1 is 1.10 bits per heavy atom. The van der Waals surface area contributed by atoms with Crippen LogP contribution in [-0.2, 0) is 18.8 Å². The third kappa shape index (κ3) is 4.15. The van der Waals surface area contributed by atoms with Crippen LogP contribution < -0.4 is 4.65 Å². The molecule has 31 heavy (non-hydrogen) atoms. The third-order valence-corrected chi connectivity index (χ3v) is 6.62. The second kappa shape index (κ2) is 8.96. The van der Waals surface area contributed by atoms with Gasteiger partial charge in [-0.1, -0.05) is 73.9 Å². The first-order chi connectivity index (χ1) is 14.6. The summed E-state index contributed by atoms with van der Waals surface area (Å²) in [7, 11) is -1.73. The van der Waals surface area contributed by atoms with Gasteiger partial charge >= 0.3 is 5.91 Å². The molecule has 3 rings (SSSR count). The van der Waals surface area contributed by atoms with Crippen molar-refractivity contribution in [2.75, 3.05) is 6.61 Å². The van der Waals surface area contributed by atoms with Gasteiger partial charge in [0.25, 0.3) is 15.3 Å². The molecular formula is C25H36NO4Si+. The summed E-state index contributed by atoms with van der Waals surface area (Å²) in [5, 5.41) is 0. The summed E-state index contributed by atoms with van der Waals surface area (Å²) in [5.74, 6) is -0.109. The molecule has 0 saturated carbocycles. The minimum atomic E-state index is -1.73. The number of para-hydroxylation sites is 1. The van der Waals surface area contributed by atoms with Crippen LogP contribution in [0, 0.1) is 5.41 Å². The van der Waals surface area contributed by atoms with Gasteiger partial charge in [-0.2, -0.15) is 0 Å². The SMILES string of the molecule is CCOC(c1ccccc1)[N+](O[SiH](C)C)(C(=O)[C@]1(C(C)(C)C)O[C@@H]1C)c1ccccc1. The number of quaternary nitrogens is 1. The predicted octanol–water partition coefficient (Wildman–Crippen LogP) is 5.37. The average Bonchev–Trinajstić information content (AvgIpc) is 3.43. The van der Waals surface area contributed by atoms with Crippen LogP contribution in [0.4, 0.5) is 5.69 Å². The van der Waals surface area contributed by atoms with Gasteiger partial charge in [-0.05, 0) is 26.9 Å². The Balaban J connectivity index is 2.32. The normalized spacial score (nSPS) is 23.9. The van der Waals surface area contributed by atoms with Crippen molar-refractivity contribution in [1.82, 2.24) is 4.65 Å². The fraction of sp³-hybridized carbons (Fsp3) is 0.480. The van der Waals surface area contributed by atoms with Gasteiger partial charge in [-0.25, -0.2) is 9.32 Å². The number of epoxide rings is 1. The van der Waals surface area contributed by atoms with Crippen LogP contribution in [0.5, 0.6) is 0 Å². The molecule has 0 aromatic heterocycles. The topological polar surface area (TPSA) is 48.1 Å². The van der Waals surface area contributed by atoms with Crippen LogP contribution in [0.15, 0.2) is 60.7 Å². The molecule has 6 heteroatoms. The fourth-order valence-corrected chi connectivity index (χ4v) is 5.51. The number of ether oxygens (including phenoxy) is 2. The van der Waals surface area contributed by atoms with Crippen molar-refractivity contribution in [3.63, 3.8) is 0 Å². The number of hydrogen-bond donors (Lipinski definition) is 0. The first kappa shape index (κ1) is 23.8. The van der Waals surface area contributed by atoms with Crippen molar-refractivity contribution in [1.29, 1.82) is 0 Å². The lowest BCUT2D eigenvalue weighted by Crippen LogP contribution is -2.65. The lowest BCUT2D eigenvalue weighted by Gasteiger charge is -2.43. The van der Waals surface area contributed by atoms with Gasteiger partial charge in [-0.3, -0.25) is 0 Å². The Hall–Kier alpha value is -1.83. The smallest absolute Gasteiger partial charge is 0.351 e. The molecule has 1 fully saturated rings. The van der Waals surface area contributed by atoms with E-state index in [0.717, 1.165) is 11.3 Å². The third-order valence-electron chi connectivity index (χ3n) is 5.87. The number of hydroxylamine groups is 2. The Bertz CT molecular complexity index is 883. The predicted molar refractivity (Wildman–Crippen MR) is 127 cm³/mol. The van der Waals surface area contributed by atoms with Gasteiger partial charge in [0.2, 0.25) is 5.60 Å². The monoisotopic (exact) mass is 442 g/mol. The zero-order valence-electron chi connectivity index (χ0n) is 19.8. The van der Waals surface area contributed by atoms with E-state index in [1.165, 1.54) is 0 Å². The quantitative estimate of drug-likeness (QED) is 0.181. The van der Waals surface area contributed by atoms with Gasteiger partial charge in [0.05, 0.1) is 12.7 Å². The van der Waals surface area contributed by atoms with Crippen LogP contribution in [0.1, 0.15) is 46.4 Å². The maximum Gasteiger partial charge on any atom is 0.387 e. The number of benzene rings is 2. The first-order valence-electron chi connectivity index (χ1n) is 11.1. The van der Waals surface area contributed by atoms with E-state index < -0.39 is 26.3 Å². The summed E-state index contributed by atoms with van der Waals surface area (Å²) in [6.45, 7) is 14.7. The van der Waals surface area contributed by atoms with E-state index in [9.17, 15) is 4.79 Å². The maximum absolute atomic E-state index is 14.7. The summed E-state index contributed by atoms with van der Waals surface area (Å²) < 4.78 is 18.8. The van der Waals surface area contributed by atoms with E-state index in [4.69, 9.17) is 14.0 Å². The van der Waals surface area contributed by atoms with Crippen molar-refractivity contribution in [3.8, 4) is 0 Å². The van der Waals surface area contributed by atoms with E-state index in [1.54, 1.807) is 0 Å². The lowest BCUT2D eigenvalue weighted by atomic mass is 9.77. The van der Waals surface area contributed by atoms with Crippen molar-refractivity contribution in [2.24, 2.45) is 5.41 Å². The minimum Gasteiger partial charge on any atom is -0.351 e. The molecule has 1 saturated heterocycles. The van der Waals surface area contributed by atoms with Crippen molar-refractivity contribution >= 4 is 20.6 Å². The highest BCUT2D eigenvalue weighted by Crippen LogP contribution is 2.55. The van der Waals surface area contributed by atoms with E-state index in [0.29, 0.717) is 6.61 Å². The zero-order valence-corrected chi connectivity index (χ0v) is 20.9. The number of nitrogens with zero attached hydrogens (tertiary/aromatic N) is 1. The Morgan fingerprint density at radius 2 is 1.61 bits per heavy atom. The fourth-order valence-electron chi connectivity index (χ4n) is 4.52. The van der Waals surface area contributed by atoms with E-state index >= 15 is 0 Å². The van der Waals surface area contributed by atoms with Crippen LogP contribution in [0.2, 0.25) is 13.1 Å². The molecule has 1 aliphatic heterocycles. The summed E-state index contributed by atoms with van der Waals surface area (Å²) >= 11 is 0. The van der Waals surface area contributed by atoms with E-state index in [1.807, 2.05) is 74.5 Å². The van der Waals surface area contributed by atoms with Crippen molar-refractivity contribution < 1.29 is 18.8 Å². The molecule has 1 heterocycles. The highest BCUT2D eigenvalue weighted by Gasteiger charge is 2.75.